The van der Waals surface area contributed by atoms with Crippen LogP contribution in [0.4, 0.5) is 22.7 Å². The van der Waals surface area contributed by atoms with Gasteiger partial charge in [-0.2, -0.15) is 15.5 Å². The molecule has 0 heterocycles. The number of nitriles is 1. The number of nitrogens with zero attached hydrogens (tertiary/aromatic N) is 5. The van der Waals surface area contributed by atoms with Gasteiger partial charge in [0, 0.05) is 18.2 Å². The maximum Gasteiger partial charge on any atom is 0.286 e. The molecule has 0 atom stereocenters. The second-order valence-electron chi connectivity index (χ2n) is 4.08. The molecule has 0 aliphatic rings. The summed E-state index contributed by atoms with van der Waals surface area (Å²) in [6.07, 6.45) is 0. The fourth-order valence-electron chi connectivity index (χ4n) is 1.60. The van der Waals surface area contributed by atoms with Gasteiger partial charge in [0.15, 0.2) is 0 Å². The van der Waals surface area contributed by atoms with Crippen molar-refractivity contribution in [3.63, 3.8) is 0 Å². The second kappa shape index (κ2) is 7.10. The number of benzene rings is 2. The Kier molecular flexibility index (Phi) is 4.96. The maximum atomic E-state index is 11.0. The molecular formula is C13H7N5O4S. The lowest BCUT2D eigenvalue weighted by Gasteiger charge is -1.98. The normalized spacial score (nSPS) is 10.4. The van der Waals surface area contributed by atoms with Crippen LogP contribution in [0.1, 0.15) is 0 Å². The monoisotopic (exact) mass is 329 g/mol. The summed E-state index contributed by atoms with van der Waals surface area (Å²) in [7, 11) is 0. The molecule has 114 valence electrons. The predicted molar refractivity (Wildman–Crippen MR) is 81.8 cm³/mol. The van der Waals surface area contributed by atoms with Crippen LogP contribution in [-0.2, 0) is 0 Å². The third-order valence-electron chi connectivity index (χ3n) is 2.64. The van der Waals surface area contributed by atoms with Crippen molar-refractivity contribution in [1.82, 2.24) is 0 Å². The van der Waals surface area contributed by atoms with Crippen LogP contribution in [0.25, 0.3) is 0 Å². The lowest BCUT2D eigenvalue weighted by molar-refractivity contribution is -0.387. The highest BCUT2D eigenvalue weighted by Crippen LogP contribution is 2.32. The summed E-state index contributed by atoms with van der Waals surface area (Å²) >= 11 is 0.685. The molecule has 0 amide bonds. The van der Waals surface area contributed by atoms with Crippen molar-refractivity contribution in [2.45, 2.75) is 4.90 Å². The molecule has 0 aliphatic carbocycles. The molecule has 23 heavy (non-hydrogen) atoms. The zero-order valence-corrected chi connectivity index (χ0v) is 12.1. The number of non-ortho nitro benzene ring substituents is 1. The first-order valence-corrected chi connectivity index (χ1v) is 6.83. The predicted octanol–water partition coefficient (Wildman–Crippen LogP) is 4.49. The van der Waals surface area contributed by atoms with E-state index in [9.17, 15) is 20.2 Å². The Morgan fingerprint density at radius 1 is 0.957 bits per heavy atom. The van der Waals surface area contributed by atoms with Crippen LogP contribution in [0.5, 0.6) is 0 Å². The molecule has 2 rings (SSSR count). The summed E-state index contributed by atoms with van der Waals surface area (Å²) in [5, 5.41) is 39.6. The Balaban J connectivity index is 2.25. The number of hydrogen-bond donors (Lipinski definition) is 0. The number of nitro groups is 2. The molecule has 0 saturated heterocycles. The molecular weight excluding hydrogens is 322 g/mol. The minimum Gasteiger partial charge on any atom is -0.258 e. The first kappa shape index (κ1) is 16.1. The van der Waals surface area contributed by atoms with E-state index in [1.807, 2.05) is 0 Å². The van der Waals surface area contributed by atoms with Crippen LogP contribution in [0.15, 0.2) is 57.6 Å². The second-order valence-corrected chi connectivity index (χ2v) is 4.90. The Morgan fingerprint density at radius 3 is 2.13 bits per heavy atom. The minimum absolute atomic E-state index is 0.0718. The smallest absolute Gasteiger partial charge is 0.258 e. The summed E-state index contributed by atoms with van der Waals surface area (Å²) < 4.78 is 0. The largest absolute Gasteiger partial charge is 0.286 e. The summed E-state index contributed by atoms with van der Waals surface area (Å²) in [6.45, 7) is 0. The van der Waals surface area contributed by atoms with Crippen molar-refractivity contribution >= 4 is 34.5 Å². The summed E-state index contributed by atoms with van der Waals surface area (Å²) in [6, 6.07) is 9.49. The molecule has 2 aromatic carbocycles. The van der Waals surface area contributed by atoms with Gasteiger partial charge in [-0.25, -0.2) is 0 Å². The van der Waals surface area contributed by atoms with E-state index in [0.29, 0.717) is 17.4 Å². The Hall–Kier alpha value is -3.32. The number of hydrogen-bond acceptors (Lipinski definition) is 8. The number of thioether (sulfide) groups is 1. The molecule has 9 nitrogen and oxygen atoms in total. The van der Waals surface area contributed by atoms with Crippen molar-refractivity contribution in [3.05, 3.63) is 62.7 Å². The van der Waals surface area contributed by atoms with Crippen molar-refractivity contribution in [2.24, 2.45) is 10.2 Å². The van der Waals surface area contributed by atoms with Gasteiger partial charge in [-0.1, -0.05) is 0 Å². The van der Waals surface area contributed by atoms with Gasteiger partial charge in [0.25, 0.3) is 11.4 Å². The standard InChI is InChI=1S/C13H7N5O4S/c14-8-23-13-6-3-10(7-12(13)18(21)22)16-15-9-1-4-11(5-2-9)17(19)20/h1-7H. The summed E-state index contributed by atoms with van der Waals surface area (Å²) in [5.74, 6) is 0. The van der Waals surface area contributed by atoms with Gasteiger partial charge in [-0.05, 0) is 36.0 Å². The van der Waals surface area contributed by atoms with Gasteiger partial charge < -0.3 is 0 Å². The van der Waals surface area contributed by atoms with Gasteiger partial charge >= 0.3 is 0 Å². The van der Waals surface area contributed by atoms with Gasteiger partial charge in [0.2, 0.25) is 0 Å². The maximum absolute atomic E-state index is 11.0. The van der Waals surface area contributed by atoms with Crippen LogP contribution in [0.3, 0.4) is 0 Å². The molecule has 0 fully saturated rings. The zero-order valence-electron chi connectivity index (χ0n) is 11.3. The van der Waals surface area contributed by atoms with Crippen molar-refractivity contribution < 1.29 is 9.85 Å². The van der Waals surface area contributed by atoms with Crippen LogP contribution in [-0.4, -0.2) is 9.85 Å². The lowest BCUT2D eigenvalue weighted by Crippen LogP contribution is -1.89. The van der Waals surface area contributed by atoms with Gasteiger partial charge in [-0.3, -0.25) is 20.2 Å². The van der Waals surface area contributed by atoms with Crippen molar-refractivity contribution in [2.75, 3.05) is 0 Å². The average Bonchev–Trinajstić information content (AvgIpc) is 2.54. The molecule has 0 unspecified atom stereocenters. The topological polar surface area (TPSA) is 135 Å². The molecule has 0 saturated carbocycles. The summed E-state index contributed by atoms with van der Waals surface area (Å²) in [5.41, 5.74) is 0.292. The molecule has 0 N–H and O–H groups in total. The third kappa shape index (κ3) is 4.08. The van der Waals surface area contributed by atoms with Gasteiger partial charge in [-0.15, -0.1) is 0 Å². The number of thiocyanates is 1. The SMILES string of the molecule is N#CSc1ccc(N=Nc2ccc([N+](=O)[O-])cc2)cc1[N+](=O)[O-]. The van der Waals surface area contributed by atoms with Crippen LogP contribution < -0.4 is 0 Å². The van der Waals surface area contributed by atoms with Crippen LogP contribution >= 0.6 is 11.8 Å². The Bertz CT molecular complexity index is 829. The Morgan fingerprint density at radius 2 is 1.57 bits per heavy atom. The van der Waals surface area contributed by atoms with E-state index in [1.54, 1.807) is 5.40 Å². The molecule has 0 spiro atoms. The van der Waals surface area contributed by atoms with Crippen molar-refractivity contribution in [3.8, 4) is 5.40 Å². The summed E-state index contributed by atoms with van der Waals surface area (Å²) in [4.78, 5) is 20.6. The van der Waals surface area contributed by atoms with E-state index in [1.165, 1.54) is 42.5 Å². The first-order chi connectivity index (χ1) is 11.0. The van der Waals surface area contributed by atoms with Gasteiger partial charge in [0.1, 0.15) is 10.3 Å². The number of rotatable bonds is 5. The van der Waals surface area contributed by atoms with E-state index >= 15 is 0 Å². The van der Waals surface area contributed by atoms with Crippen molar-refractivity contribution in [1.29, 1.82) is 5.26 Å². The first-order valence-electron chi connectivity index (χ1n) is 6.02. The molecule has 0 radical (unpaired) electrons. The fraction of sp³-hybridized carbons (Fsp3) is 0. The fourth-order valence-corrected chi connectivity index (χ4v) is 2.08. The molecule has 0 aliphatic heterocycles. The van der Waals surface area contributed by atoms with Gasteiger partial charge in [0.05, 0.1) is 21.2 Å². The molecule has 10 heteroatoms. The average molecular weight is 329 g/mol. The minimum atomic E-state index is -0.607. The highest BCUT2D eigenvalue weighted by molar-refractivity contribution is 8.03. The highest BCUT2D eigenvalue weighted by atomic mass is 32.2. The Labute approximate surface area is 133 Å². The molecule has 0 bridgehead atoms. The zero-order chi connectivity index (χ0) is 16.8. The van der Waals surface area contributed by atoms with E-state index in [4.69, 9.17) is 5.26 Å². The van der Waals surface area contributed by atoms with Crippen LogP contribution in [0, 0.1) is 30.9 Å². The van der Waals surface area contributed by atoms with E-state index in [-0.39, 0.29) is 22.0 Å². The van der Waals surface area contributed by atoms with Crippen LogP contribution in [0.2, 0.25) is 0 Å². The van der Waals surface area contributed by atoms with E-state index < -0.39 is 9.85 Å². The molecule has 2 aromatic rings. The van der Waals surface area contributed by atoms with E-state index in [2.05, 4.69) is 10.2 Å². The lowest BCUT2D eigenvalue weighted by atomic mass is 10.3. The number of azo groups is 1. The highest BCUT2D eigenvalue weighted by Gasteiger charge is 2.15. The molecule has 0 aromatic heterocycles. The third-order valence-corrected chi connectivity index (χ3v) is 3.29. The number of nitro benzene ring substituents is 2. The van der Waals surface area contributed by atoms with E-state index in [0.717, 1.165) is 0 Å². The quantitative estimate of drug-likeness (QED) is 0.260.